The van der Waals surface area contributed by atoms with Gasteiger partial charge in [0.25, 0.3) is 0 Å². The van der Waals surface area contributed by atoms with Crippen molar-refractivity contribution in [3.8, 4) is 0 Å². The summed E-state index contributed by atoms with van der Waals surface area (Å²) in [4.78, 5) is 21.4. The average molecular weight is 192 g/mol. The van der Waals surface area contributed by atoms with Crippen molar-refractivity contribution in [2.75, 3.05) is 0 Å². The number of hydrogen-bond donors (Lipinski definition) is 1. The van der Waals surface area contributed by atoms with Gasteiger partial charge in [0.1, 0.15) is 0 Å². The Balaban J connectivity index is 2.74. The molecule has 0 aliphatic carbocycles. The van der Waals surface area contributed by atoms with E-state index < -0.39 is 11.2 Å². The van der Waals surface area contributed by atoms with Crippen LogP contribution in [0.25, 0.3) is 0 Å². The van der Waals surface area contributed by atoms with Crippen molar-refractivity contribution in [1.82, 2.24) is 0 Å². The number of carbonyl (C=O) groups is 2. The first-order valence-corrected chi connectivity index (χ1v) is 4.75. The summed E-state index contributed by atoms with van der Waals surface area (Å²) in [5.74, 6) is -1.03. The highest BCUT2D eigenvalue weighted by Crippen LogP contribution is 2.48. The van der Waals surface area contributed by atoms with Crippen molar-refractivity contribution in [2.24, 2.45) is 0 Å². The summed E-state index contributed by atoms with van der Waals surface area (Å²) in [7, 11) is 0. The molecule has 5 heteroatoms. The molecule has 1 saturated heterocycles. The number of carbonyl (C=O) groups excluding carboxylic acids is 1. The van der Waals surface area contributed by atoms with Gasteiger partial charge in [0, 0.05) is 0 Å². The zero-order chi connectivity index (χ0) is 8.65. The Bertz CT molecular complexity index is 212. The molecule has 1 N–H and O–H groups in total. The molecule has 0 aromatic heterocycles. The smallest absolute Gasteiger partial charge is 0.325 e. The number of rotatable bonds is 1. The maximum Gasteiger partial charge on any atom is 0.325 e. The Morgan fingerprint density at radius 1 is 1.64 bits per heavy atom. The summed E-state index contributed by atoms with van der Waals surface area (Å²) in [5.41, 5.74) is 0. The van der Waals surface area contributed by atoms with Gasteiger partial charge in [-0.15, -0.1) is 11.8 Å². The predicted molar refractivity (Wildman–Crippen MR) is 45.7 cm³/mol. The third-order valence-electron chi connectivity index (χ3n) is 1.19. The van der Waals surface area contributed by atoms with Gasteiger partial charge in [-0.05, 0) is 13.8 Å². The summed E-state index contributed by atoms with van der Waals surface area (Å²) in [6.07, 6.45) is 0. The van der Waals surface area contributed by atoms with Crippen LogP contribution in [0.15, 0.2) is 0 Å². The largest absolute Gasteiger partial charge is 0.480 e. The Kier molecular flexibility index (Phi) is 2.20. The number of hydrogen-bond acceptors (Lipinski definition) is 4. The molecule has 0 unspecified atom stereocenters. The predicted octanol–water partition coefficient (Wildman–Crippen LogP) is 1.18. The number of carboxylic acids is 1. The van der Waals surface area contributed by atoms with Crippen molar-refractivity contribution in [3.05, 3.63) is 0 Å². The van der Waals surface area contributed by atoms with Crippen LogP contribution in [0.4, 0.5) is 0 Å². The third kappa shape index (κ3) is 1.90. The quantitative estimate of drug-likeness (QED) is 0.632. The lowest BCUT2D eigenvalue weighted by atomic mass is 10.5. The first kappa shape index (κ1) is 8.93. The fraction of sp³-hybridized carbons (Fsp3) is 0.667. The molecular weight excluding hydrogens is 184 g/mol. The maximum atomic E-state index is 11.0. The SMILES string of the molecule is CC1(C)SC(=O)[C@@H](C(=O)O)S1. The van der Waals surface area contributed by atoms with Gasteiger partial charge in [-0.25, -0.2) is 0 Å². The highest BCUT2D eigenvalue weighted by Gasteiger charge is 2.43. The van der Waals surface area contributed by atoms with E-state index in [0.717, 1.165) is 11.8 Å². The van der Waals surface area contributed by atoms with Crippen LogP contribution in [0.2, 0.25) is 0 Å². The molecule has 11 heavy (non-hydrogen) atoms. The second-order valence-corrected chi connectivity index (χ2v) is 6.27. The van der Waals surface area contributed by atoms with Crippen LogP contribution in [0.5, 0.6) is 0 Å². The number of thioether (sulfide) groups is 2. The molecule has 3 nitrogen and oxygen atoms in total. The van der Waals surface area contributed by atoms with E-state index in [1.807, 2.05) is 13.8 Å². The lowest BCUT2D eigenvalue weighted by molar-refractivity contribution is -0.137. The van der Waals surface area contributed by atoms with Gasteiger partial charge >= 0.3 is 5.97 Å². The Labute approximate surface area is 72.9 Å². The van der Waals surface area contributed by atoms with Gasteiger partial charge in [0.15, 0.2) is 5.25 Å². The standard InChI is InChI=1S/C6H8O3S2/c1-6(2)10-3(4(7)8)5(9)11-6/h3H,1-2H3,(H,7,8)/t3-/m1/s1. The summed E-state index contributed by atoms with van der Waals surface area (Å²) >= 11 is 2.30. The maximum absolute atomic E-state index is 11.0. The molecule has 0 spiro atoms. The van der Waals surface area contributed by atoms with Gasteiger partial charge in [0.2, 0.25) is 5.12 Å². The Hall–Kier alpha value is -0.160. The molecule has 0 amide bonds. The van der Waals surface area contributed by atoms with Crippen molar-refractivity contribution in [1.29, 1.82) is 0 Å². The zero-order valence-electron chi connectivity index (χ0n) is 6.16. The van der Waals surface area contributed by atoms with E-state index in [1.54, 1.807) is 0 Å². The van der Waals surface area contributed by atoms with Crippen LogP contribution >= 0.6 is 23.5 Å². The Morgan fingerprint density at radius 3 is 2.36 bits per heavy atom. The lowest BCUT2D eigenvalue weighted by Crippen LogP contribution is -2.20. The van der Waals surface area contributed by atoms with Gasteiger partial charge in [-0.3, -0.25) is 9.59 Å². The highest BCUT2D eigenvalue weighted by molar-refractivity contribution is 8.31. The van der Waals surface area contributed by atoms with Gasteiger partial charge in [-0.2, -0.15) is 0 Å². The van der Waals surface area contributed by atoms with E-state index in [0.29, 0.717) is 0 Å². The van der Waals surface area contributed by atoms with Crippen LogP contribution in [-0.2, 0) is 9.59 Å². The van der Waals surface area contributed by atoms with Crippen LogP contribution in [-0.4, -0.2) is 25.5 Å². The molecule has 1 aliphatic heterocycles. The van der Waals surface area contributed by atoms with Gasteiger partial charge in [0.05, 0.1) is 4.08 Å². The molecule has 1 fully saturated rings. The first-order chi connectivity index (χ1) is 4.92. The minimum atomic E-state index is -1.03. The second kappa shape index (κ2) is 2.71. The van der Waals surface area contributed by atoms with E-state index in [2.05, 4.69) is 0 Å². The molecule has 62 valence electrons. The molecule has 0 aromatic rings. The number of carboxylic acid groups (broad SMARTS) is 1. The summed E-state index contributed by atoms with van der Waals surface area (Å²) < 4.78 is -0.278. The molecule has 1 atom stereocenters. The van der Waals surface area contributed by atoms with Crippen molar-refractivity contribution >= 4 is 34.6 Å². The van der Waals surface area contributed by atoms with Crippen LogP contribution in [0.1, 0.15) is 13.8 Å². The van der Waals surface area contributed by atoms with E-state index in [1.165, 1.54) is 11.8 Å². The van der Waals surface area contributed by atoms with Gasteiger partial charge in [-0.1, -0.05) is 11.8 Å². The third-order valence-corrected chi connectivity index (χ3v) is 4.02. The van der Waals surface area contributed by atoms with E-state index in [4.69, 9.17) is 5.11 Å². The van der Waals surface area contributed by atoms with Crippen LogP contribution in [0, 0.1) is 0 Å². The van der Waals surface area contributed by atoms with E-state index in [9.17, 15) is 9.59 Å². The normalized spacial score (nSPS) is 28.9. The van der Waals surface area contributed by atoms with E-state index >= 15 is 0 Å². The van der Waals surface area contributed by atoms with Gasteiger partial charge < -0.3 is 5.11 Å². The highest BCUT2D eigenvalue weighted by atomic mass is 32.2. The van der Waals surface area contributed by atoms with Crippen molar-refractivity contribution in [3.63, 3.8) is 0 Å². The monoisotopic (exact) mass is 192 g/mol. The molecule has 1 aliphatic rings. The van der Waals surface area contributed by atoms with Crippen LogP contribution in [0.3, 0.4) is 0 Å². The summed E-state index contributed by atoms with van der Waals surface area (Å²) in [6.45, 7) is 3.70. The lowest BCUT2D eigenvalue weighted by Gasteiger charge is -2.11. The fourth-order valence-electron chi connectivity index (χ4n) is 0.803. The fourth-order valence-corrected chi connectivity index (χ4v) is 3.28. The van der Waals surface area contributed by atoms with Crippen LogP contribution < -0.4 is 0 Å². The molecule has 1 rings (SSSR count). The second-order valence-electron chi connectivity index (χ2n) is 2.66. The number of aliphatic carboxylic acids is 1. The molecule has 0 radical (unpaired) electrons. The Morgan fingerprint density at radius 2 is 2.18 bits per heavy atom. The minimum Gasteiger partial charge on any atom is -0.480 e. The average Bonchev–Trinajstić information content (AvgIpc) is 2.05. The molecule has 0 bridgehead atoms. The molecule has 1 heterocycles. The minimum absolute atomic E-state index is 0.243. The molecular formula is C6H8O3S2. The molecule has 0 saturated carbocycles. The first-order valence-electron chi connectivity index (χ1n) is 3.06. The summed E-state index contributed by atoms with van der Waals surface area (Å²) in [6, 6.07) is 0. The molecule has 0 aromatic carbocycles. The van der Waals surface area contributed by atoms with Crippen molar-refractivity contribution < 1.29 is 14.7 Å². The topological polar surface area (TPSA) is 54.4 Å². The zero-order valence-corrected chi connectivity index (χ0v) is 7.79. The van der Waals surface area contributed by atoms with E-state index in [-0.39, 0.29) is 9.19 Å². The summed E-state index contributed by atoms with van der Waals surface area (Å²) in [5, 5.41) is 7.45. The van der Waals surface area contributed by atoms with Crippen molar-refractivity contribution in [2.45, 2.75) is 23.2 Å².